The van der Waals surface area contributed by atoms with Gasteiger partial charge in [-0.1, -0.05) is 17.9 Å². The fourth-order valence-corrected chi connectivity index (χ4v) is 4.91. The largest absolute Gasteiger partial charge is 0.872 e. The highest BCUT2D eigenvalue weighted by atomic mass is 16.6. The zero-order valence-electron chi connectivity index (χ0n) is 21.8. The lowest BCUT2D eigenvalue weighted by atomic mass is 9.94. The van der Waals surface area contributed by atoms with Crippen LogP contribution in [0.15, 0.2) is 42.0 Å². The molecule has 2 aromatic rings. The van der Waals surface area contributed by atoms with Crippen LogP contribution in [0.4, 0.5) is 0 Å². The van der Waals surface area contributed by atoms with Crippen molar-refractivity contribution in [3.05, 3.63) is 53.1 Å². The van der Waals surface area contributed by atoms with Crippen molar-refractivity contribution in [2.45, 2.75) is 26.3 Å². The zero-order valence-corrected chi connectivity index (χ0v) is 21.8. The van der Waals surface area contributed by atoms with E-state index >= 15 is 0 Å². The lowest BCUT2D eigenvalue weighted by Crippen LogP contribution is -3.11. The predicted octanol–water partition coefficient (Wildman–Crippen LogP) is 1.01. The predicted molar refractivity (Wildman–Crippen MR) is 135 cm³/mol. The van der Waals surface area contributed by atoms with E-state index in [0.717, 1.165) is 19.6 Å². The average Bonchev–Trinajstić information content (AvgIpc) is 3.19. The van der Waals surface area contributed by atoms with E-state index in [9.17, 15) is 14.7 Å². The first-order valence-corrected chi connectivity index (χ1v) is 12.6. The number of methoxy groups -OCH3 is 2. The van der Waals surface area contributed by atoms with Crippen LogP contribution in [0, 0.1) is 0 Å². The molecule has 0 bridgehead atoms. The number of fused-ring (bicyclic) bond motifs is 1. The molecule has 37 heavy (non-hydrogen) atoms. The van der Waals surface area contributed by atoms with Crippen molar-refractivity contribution in [2.24, 2.45) is 0 Å². The van der Waals surface area contributed by atoms with Gasteiger partial charge in [-0.25, -0.2) is 0 Å². The molecule has 9 heteroatoms. The van der Waals surface area contributed by atoms with E-state index in [0.29, 0.717) is 54.7 Å². The maximum atomic E-state index is 13.8. The number of amides is 1. The minimum Gasteiger partial charge on any atom is -0.872 e. The number of carbonyl (C=O) groups is 2. The first-order valence-electron chi connectivity index (χ1n) is 12.6. The van der Waals surface area contributed by atoms with Crippen LogP contribution in [0.2, 0.25) is 0 Å². The molecule has 0 saturated carbocycles. The number of benzene rings is 2. The number of ether oxygens (including phenoxy) is 4. The Kier molecular flexibility index (Phi) is 8.23. The Balaban J connectivity index is 1.78. The molecule has 1 N–H and O–H groups in total. The number of hydrogen-bond acceptors (Lipinski definition) is 7. The van der Waals surface area contributed by atoms with Crippen molar-refractivity contribution >= 4 is 17.4 Å². The van der Waals surface area contributed by atoms with Crippen molar-refractivity contribution in [1.29, 1.82) is 0 Å². The molecule has 0 aromatic heterocycles. The van der Waals surface area contributed by atoms with Gasteiger partial charge in [0.2, 0.25) is 5.78 Å². The summed E-state index contributed by atoms with van der Waals surface area (Å²) in [6, 6.07) is 9.17. The van der Waals surface area contributed by atoms with E-state index in [4.69, 9.17) is 18.9 Å². The van der Waals surface area contributed by atoms with E-state index in [1.165, 1.54) is 24.0 Å². The SMILES string of the molecule is CC[NH+](CC)CCCN1C(=O)C(=O)/C(=C(/[O-])c2ccc3c(c2)OCCO3)C1c1ccc(OC)c(OC)c1. The van der Waals surface area contributed by atoms with Crippen molar-refractivity contribution in [2.75, 3.05) is 53.6 Å². The van der Waals surface area contributed by atoms with Gasteiger partial charge in [0.15, 0.2) is 23.0 Å². The Bertz CT molecular complexity index is 1190. The number of quaternary nitrogens is 1. The molecule has 9 nitrogen and oxygen atoms in total. The van der Waals surface area contributed by atoms with Gasteiger partial charge in [-0.3, -0.25) is 9.59 Å². The van der Waals surface area contributed by atoms with E-state index in [1.807, 2.05) is 0 Å². The van der Waals surface area contributed by atoms with E-state index in [1.54, 1.807) is 36.4 Å². The zero-order chi connectivity index (χ0) is 26.5. The third-order valence-electron chi connectivity index (χ3n) is 6.99. The highest BCUT2D eigenvalue weighted by molar-refractivity contribution is 6.46. The molecule has 0 aliphatic carbocycles. The van der Waals surface area contributed by atoms with E-state index in [-0.39, 0.29) is 11.1 Å². The number of nitrogens with zero attached hydrogens (tertiary/aromatic N) is 1. The second-order valence-electron chi connectivity index (χ2n) is 9.01. The molecule has 2 aliphatic rings. The molecule has 1 atom stereocenters. The van der Waals surface area contributed by atoms with Crippen molar-refractivity contribution in [3.63, 3.8) is 0 Å². The first kappa shape index (κ1) is 26.3. The molecule has 2 aromatic carbocycles. The summed E-state index contributed by atoms with van der Waals surface area (Å²) < 4.78 is 22.0. The van der Waals surface area contributed by atoms with E-state index in [2.05, 4.69) is 13.8 Å². The number of ketones is 1. The highest BCUT2D eigenvalue weighted by Crippen LogP contribution is 2.42. The number of likely N-dealkylation sites (tertiary alicyclic amines) is 1. The molecule has 0 spiro atoms. The molecule has 1 unspecified atom stereocenters. The second kappa shape index (κ2) is 11.6. The lowest BCUT2D eigenvalue weighted by molar-refractivity contribution is -0.896. The van der Waals surface area contributed by atoms with Gasteiger partial charge in [-0.2, -0.15) is 0 Å². The average molecular weight is 511 g/mol. The smallest absolute Gasteiger partial charge is 0.295 e. The molecule has 2 aliphatic heterocycles. The quantitative estimate of drug-likeness (QED) is 0.289. The van der Waals surface area contributed by atoms with Crippen molar-refractivity contribution in [3.8, 4) is 23.0 Å². The molecule has 1 fully saturated rings. The van der Waals surface area contributed by atoms with Gasteiger partial charge < -0.3 is 33.9 Å². The van der Waals surface area contributed by atoms with Crippen LogP contribution < -0.4 is 29.0 Å². The topological polar surface area (TPSA) is 102 Å². The molecule has 198 valence electrons. The summed E-state index contributed by atoms with van der Waals surface area (Å²) in [5.41, 5.74) is 0.789. The molecule has 1 amide bonds. The van der Waals surface area contributed by atoms with Gasteiger partial charge in [-0.15, -0.1) is 0 Å². The van der Waals surface area contributed by atoms with Gasteiger partial charge in [0.1, 0.15) is 13.2 Å². The third-order valence-corrected chi connectivity index (χ3v) is 6.99. The molecule has 0 radical (unpaired) electrons. The Labute approximate surface area is 217 Å². The van der Waals surface area contributed by atoms with Crippen LogP contribution in [-0.2, 0) is 9.59 Å². The van der Waals surface area contributed by atoms with Gasteiger partial charge in [0, 0.05) is 18.5 Å². The summed E-state index contributed by atoms with van der Waals surface area (Å²) in [5.74, 6) is -0.0180. The summed E-state index contributed by atoms with van der Waals surface area (Å²) in [7, 11) is 3.05. The summed E-state index contributed by atoms with van der Waals surface area (Å²) in [6.07, 6.45) is 0.700. The maximum absolute atomic E-state index is 13.8. The number of hydrogen-bond donors (Lipinski definition) is 1. The molecular formula is C28H34N2O7. The summed E-state index contributed by atoms with van der Waals surface area (Å²) in [6.45, 7) is 8.19. The Morgan fingerprint density at radius 2 is 1.70 bits per heavy atom. The van der Waals surface area contributed by atoms with Crippen LogP contribution in [0.3, 0.4) is 0 Å². The number of Topliss-reactive ketones (excluding diaryl/α,β-unsaturated/α-hetero) is 1. The van der Waals surface area contributed by atoms with E-state index < -0.39 is 23.5 Å². The molecule has 4 rings (SSSR count). The normalized spacial score (nSPS) is 18.4. The second-order valence-corrected chi connectivity index (χ2v) is 9.01. The van der Waals surface area contributed by atoms with Crippen LogP contribution >= 0.6 is 0 Å². The number of rotatable bonds is 10. The van der Waals surface area contributed by atoms with Gasteiger partial charge in [-0.05, 0) is 49.2 Å². The monoisotopic (exact) mass is 510 g/mol. The summed E-state index contributed by atoms with van der Waals surface area (Å²) in [5, 5.41) is 13.8. The number of nitrogens with one attached hydrogen (secondary N) is 1. The van der Waals surface area contributed by atoms with Crippen LogP contribution in [-0.4, -0.2) is 70.2 Å². The van der Waals surface area contributed by atoms with Gasteiger partial charge in [0.25, 0.3) is 5.91 Å². The lowest BCUT2D eigenvalue weighted by Gasteiger charge is -2.28. The fraction of sp³-hybridized carbons (Fsp3) is 0.429. The fourth-order valence-electron chi connectivity index (χ4n) is 4.91. The number of carbonyl (C=O) groups excluding carboxylic acids is 2. The standard InChI is InChI=1S/C28H34N2O7/c1-5-29(6-2)12-7-13-30-25(18-8-10-20(34-3)22(16-18)35-4)24(27(32)28(30)33)26(31)19-9-11-21-23(17-19)37-15-14-36-21/h8-11,16-17,25,31H,5-7,12-15H2,1-4H3/b26-24+. The molecule has 1 saturated heterocycles. The summed E-state index contributed by atoms with van der Waals surface area (Å²) >= 11 is 0. The first-order chi connectivity index (χ1) is 17.9. The van der Waals surface area contributed by atoms with Crippen LogP contribution in [0.25, 0.3) is 5.76 Å². The van der Waals surface area contributed by atoms with Gasteiger partial charge in [0.05, 0.1) is 39.9 Å². The summed E-state index contributed by atoms with van der Waals surface area (Å²) in [4.78, 5) is 29.5. The third kappa shape index (κ3) is 5.22. The Morgan fingerprint density at radius 3 is 2.38 bits per heavy atom. The molecular weight excluding hydrogens is 476 g/mol. The van der Waals surface area contributed by atoms with Crippen LogP contribution in [0.5, 0.6) is 23.0 Å². The maximum Gasteiger partial charge on any atom is 0.295 e. The highest BCUT2D eigenvalue weighted by Gasteiger charge is 2.44. The van der Waals surface area contributed by atoms with Crippen molar-refractivity contribution < 1.29 is 38.5 Å². The minimum atomic E-state index is -0.841. The van der Waals surface area contributed by atoms with Crippen LogP contribution in [0.1, 0.15) is 37.4 Å². The Hall–Kier alpha value is -3.72. The minimum absolute atomic E-state index is 0.0796. The molecule has 2 heterocycles. The van der Waals surface area contributed by atoms with Crippen molar-refractivity contribution in [1.82, 2.24) is 4.90 Å². The van der Waals surface area contributed by atoms with Gasteiger partial charge >= 0.3 is 0 Å². The Morgan fingerprint density at radius 1 is 1.00 bits per heavy atom.